The summed E-state index contributed by atoms with van der Waals surface area (Å²) in [4.78, 5) is 25.7. The summed E-state index contributed by atoms with van der Waals surface area (Å²) in [6, 6.07) is 16.7. The maximum Gasteiger partial charge on any atom is 0.470 e. The van der Waals surface area contributed by atoms with Crippen molar-refractivity contribution >= 4 is 58.3 Å². The summed E-state index contributed by atoms with van der Waals surface area (Å²) in [6.07, 6.45) is -4.85. The summed E-state index contributed by atoms with van der Waals surface area (Å²) >= 11 is 18.6. The van der Waals surface area contributed by atoms with E-state index in [0.717, 1.165) is 5.56 Å². The minimum absolute atomic E-state index is 0.0580. The molecule has 0 aliphatic carbocycles. The first-order chi connectivity index (χ1) is 19.9. The highest BCUT2D eigenvalue weighted by Crippen LogP contribution is 2.34. The zero-order chi connectivity index (χ0) is 30.2. The Balaban J connectivity index is 1.39. The fourth-order valence-electron chi connectivity index (χ4n) is 3.94. The first-order valence-corrected chi connectivity index (χ1v) is 13.0. The van der Waals surface area contributed by atoms with E-state index in [4.69, 9.17) is 34.8 Å². The molecule has 2 amide bonds. The average molecular weight is 636 g/mol. The lowest BCUT2D eigenvalue weighted by Gasteiger charge is -2.11. The summed E-state index contributed by atoms with van der Waals surface area (Å²) in [7, 11) is 0. The van der Waals surface area contributed by atoms with Gasteiger partial charge in [0.15, 0.2) is 5.69 Å². The Bertz CT molecular complexity index is 1800. The molecule has 42 heavy (non-hydrogen) atoms. The highest BCUT2D eigenvalue weighted by molar-refractivity contribution is 6.35. The number of amides is 2. The van der Waals surface area contributed by atoms with Crippen LogP contribution < -0.4 is 10.6 Å². The SMILES string of the molecule is Cc1c(C(=O)Nc2ccc(C(=O)Nc3nnc(C(F)(F)F)o3)cc2)nn(-c2ccc(Cl)cc2Cl)c1-c1ccc(Cl)cc1. The largest absolute Gasteiger partial charge is 0.470 e. The maximum atomic E-state index is 13.3. The lowest BCUT2D eigenvalue weighted by atomic mass is 10.1. The fourth-order valence-corrected chi connectivity index (χ4v) is 4.55. The van der Waals surface area contributed by atoms with Crippen LogP contribution in [0.3, 0.4) is 0 Å². The third-order valence-electron chi connectivity index (χ3n) is 5.89. The van der Waals surface area contributed by atoms with E-state index in [1.807, 2.05) is 0 Å². The molecular weight excluding hydrogens is 620 g/mol. The van der Waals surface area contributed by atoms with Crippen molar-refractivity contribution in [3.63, 3.8) is 0 Å². The van der Waals surface area contributed by atoms with Crippen molar-refractivity contribution in [3.8, 4) is 16.9 Å². The molecule has 0 radical (unpaired) electrons. The maximum absolute atomic E-state index is 13.3. The van der Waals surface area contributed by atoms with E-state index in [0.29, 0.717) is 37.7 Å². The summed E-state index contributed by atoms with van der Waals surface area (Å²) in [6.45, 7) is 1.74. The van der Waals surface area contributed by atoms with E-state index in [-0.39, 0.29) is 11.3 Å². The van der Waals surface area contributed by atoms with Crippen molar-refractivity contribution in [1.82, 2.24) is 20.0 Å². The van der Waals surface area contributed by atoms with Crippen molar-refractivity contribution in [2.45, 2.75) is 13.1 Å². The smallest absolute Gasteiger partial charge is 0.399 e. The van der Waals surface area contributed by atoms with Gasteiger partial charge in [0.2, 0.25) is 0 Å². The van der Waals surface area contributed by atoms with Crippen LogP contribution in [0, 0.1) is 6.92 Å². The Kier molecular flexibility index (Phi) is 7.95. The van der Waals surface area contributed by atoms with Gasteiger partial charge < -0.3 is 9.73 Å². The molecule has 2 heterocycles. The van der Waals surface area contributed by atoms with Crippen LogP contribution in [0.4, 0.5) is 24.9 Å². The van der Waals surface area contributed by atoms with Crippen molar-refractivity contribution in [2.75, 3.05) is 10.6 Å². The molecule has 15 heteroatoms. The number of nitrogens with zero attached hydrogens (tertiary/aromatic N) is 4. The van der Waals surface area contributed by atoms with Gasteiger partial charge in [0, 0.05) is 32.4 Å². The second kappa shape index (κ2) is 11.5. The van der Waals surface area contributed by atoms with Gasteiger partial charge in [0.05, 0.1) is 16.4 Å². The van der Waals surface area contributed by atoms with Gasteiger partial charge in [-0.05, 0) is 61.5 Å². The molecule has 2 N–H and O–H groups in total. The van der Waals surface area contributed by atoms with Crippen molar-refractivity contribution in [3.05, 3.63) is 105 Å². The topological polar surface area (TPSA) is 115 Å². The molecule has 3 aromatic carbocycles. The molecule has 0 aliphatic heterocycles. The van der Waals surface area contributed by atoms with Crippen LogP contribution in [-0.2, 0) is 6.18 Å². The van der Waals surface area contributed by atoms with Gasteiger partial charge >= 0.3 is 18.1 Å². The monoisotopic (exact) mass is 634 g/mol. The number of anilines is 2. The number of halogens is 6. The zero-order valence-corrected chi connectivity index (χ0v) is 23.4. The molecule has 0 aliphatic rings. The molecule has 0 unspecified atom stereocenters. The first kappa shape index (κ1) is 29.1. The number of rotatable bonds is 6. The molecule has 214 valence electrons. The predicted molar refractivity (Wildman–Crippen MR) is 150 cm³/mol. The van der Waals surface area contributed by atoms with E-state index in [1.54, 1.807) is 54.1 Å². The number of hydrogen-bond acceptors (Lipinski definition) is 6. The van der Waals surface area contributed by atoms with Crippen LogP contribution in [-0.4, -0.2) is 31.8 Å². The van der Waals surface area contributed by atoms with Gasteiger partial charge in [-0.1, -0.05) is 52.0 Å². The summed E-state index contributed by atoms with van der Waals surface area (Å²) < 4.78 is 43.9. The Hall–Kier alpha value is -4.39. The highest BCUT2D eigenvalue weighted by Gasteiger charge is 2.38. The number of hydrogen-bond donors (Lipinski definition) is 2. The van der Waals surface area contributed by atoms with Crippen molar-refractivity contribution < 1.29 is 27.2 Å². The van der Waals surface area contributed by atoms with E-state index < -0.39 is 29.9 Å². The fraction of sp³-hybridized carbons (Fsp3) is 0.0741. The highest BCUT2D eigenvalue weighted by atomic mass is 35.5. The molecule has 0 fully saturated rings. The number of alkyl halides is 3. The van der Waals surface area contributed by atoms with E-state index in [2.05, 4.69) is 30.3 Å². The summed E-state index contributed by atoms with van der Waals surface area (Å²) in [5, 5.41) is 16.6. The van der Waals surface area contributed by atoms with Gasteiger partial charge in [-0.25, -0.2) is 4.68 Å². The number of benzene rings is 3. The van der Waals surface area contributed by atoms with Crippen LogP contribution in [0.15, 0.2) is 71.1 Å². The minimum Gasteiger partial charge on any atom is -0.399 e. The van der Waals surface area contributed by atoms with Crippen LogP contribution in [0.1, 0.15) is 32.3 Å². The standard InChI is InChI=1S/C27H16Cl3F3N6O3/c1-13-21(38-39(20-11-8-17(29)12-19(20)30)22(13)14-2-6-16(28)7-3-14)24(41)34-18-9-4-15(5-10-18)23(40)35-26-37-36-25(42-26)27(31,32)33/h2-12H,1H3,(H,34,41)(H,35,37,40). The van der Waals surface area contributed by atoms with Crippen LogP contribution in [0.25, 0.3) is 16.9 Å². The average Bonchev–Trinajstić information content (AvgIpc) is 3.54. The third-order valence-corrected chi connectivity index (χ3v) is 6.68. The van der Waals surface area contributed by atoms with Gasteiger partial charge in [0.1, 0.15) is 0 Å². The van der Waals surface area contributed by atoms with Crippen LogP contribution in [0.5, 0.6) is 0 Å². The molecule has 5 rings (SSSR count). The second-order valence-electron chi connectivity index (χ2n) is 8.73. The minimum atomic E-state index is -4.85. The van der Waals surface area contributed by atoms with E-state index in [1.165, 1.54) is 24.3 Å². The quantitative estimate of drug-likeness (QED) is 0.198. The van der Waals surface area contributed by atoms with Gasteiger partial charge in [-0.2, -0.15) is 18.3 Å². The van der Waals surface area contributed by atoms with Gasteiger partial charge in [-0.3, -0.25) is 14.9 Å². The molecule has 2 aromatic heterocycles. The van der Waals surface area contributed by atoms with E-state index >= 15 is 0 Å². The Labute approximate surface area is 250 Å². The van der Waals surface area contributed by atoms with Crippen molar-refractivity contribution in [1.29, 1.82) is 0 Å². The third kappa shape index (κ3) is 6.10. The molecule has 0 saturated carbocycles. The number of aromatic nitrogens is 4. The molecule has 5 aromatic rings. The number of carbonyl (C=O) groups is 2. The van der Waals surface area contributed by atoms with Crippen LogP contribution >= 0.6 is 34.8 Å². The Morgan fingerprint density at radius 1 is 0.857 bits per heavy atom. The number of nitrogens with one attached hydrogen (secondary N) is 2. The molecule has 0 bridgehead atoms. The first-order valence-electron chi connectivity index (χ1n) is 11.8. The second-order valence-corrected chi connectivity index (χ2v) is 10.0. The molecule has 0 spiro atoms. The van der Waals surface area contributed by atoms with Crippen molar-refractivity contribution in [2.24, 2.45) is 0 Å². The summed E-state index contributed by atoms with van der Waals surface area (Å²) in [5.41, 5.74) is 2.85. The predicted octanol–water partition coefficient (Wildman–Crippen LogP) is 7.71. The number of carbonyl (C=O) groups excluding carboxylic acids is 2. The summed E-state index contributed by atoms with van der Waals surface area (Å²) in [5.74, 6) is -2.94. The molecule has 9 nitrogen and oxygen atoms in total. The lowest BCUT2D eigenvalue weighted by Crippen LogP contribution is -2.15. The molecule has 0 atom stereocenters. The zero-order valence-electron chi connectivity index (χ0n) is 21.1. The molecular formula is C27H16Cl3F3N6O3. The Morgan fingerprint density at radius 3 is 2.14 bits per heavy atom. The van der Waals surface area contributed by atoms with Gasteiger partial charge in [0.25, 0.3) is 11.8 Å². The lowest BCUT2D eigenvalue weighted by molar-refractivity contribution is -0.156. The normalized spacial score (nSPS) is 11.4. The van der Waals surface area contributed by atoms with Gasteiger partial charge in [-0.15, -0.1) is 5.10 Å². The Morgan fingerprint density at radius 2 is 1.52 bits per heavy atom. The molecule has 0 saturated heterocycles. The van der Waals surface area contributed by atoms with E-state index in [9.17, 15) is 22.8 Å². The van der Waals surface area contributed by atoms with Crippen LogP contribution in [0.2, 0.25) is 15.1 Å².